The molecule has 7 nitrogen and oxygen atoms in total. The number of anilines is 1. The summed E-state index contributed by atoms with van der Waals surface area (Å²) in [6.45, 7) is 2.23. The highest BCUT2D eigenvalue weighted by molar-refractivity contribution is 5.94. The zero-order chi connectivity index (χ0) is 15.4. The molecule has 2 rings (SSSR count). The number of primary amides is 1. The molecule has 1 amide bonds. The van der Waals surface area contributed by atoms with Crippen LogP contribution in [0.4, 0.5) is 11.4 Å². The van der Waals surface area contributed by atoms with Crippen molar-refractivity contribution in [3.63, 3.8) is 0 Å². The van der Waals surface area contributed by atoms with Crippen molar-refractivity contribution < 1.29 is 9.72 Å². The molecule has 108 valence electrons. The maximum Gasteiger partial charge on any atom is 0.292 e. The van der Waals surface area contributed by atoms with E-state index in [0.29, 0.717) is 6.54 Å². The van der Waals surface area contributed by atoms with E-state index in [9.17, 15) is 14.9 Å². The van der Waals surface area contributed by atoms with E-state index in [1.165, 1.54) is 18.2 Å². The molecular weight excluding hydrogens is 272 g/mol. The van der Waals surface area contributed by atoms with Crippen LogP contribution in [0.5, 0.6) is 0 Å². The fraction of sp³-hybridized carbons (Fsp3) is 0.143. The Balaban J connectivity index is 2.24. The van der Waals surface area contributed by atoms with Crippen LogP contribution in [-0.4, -0.2) is 15.8 Å². The number of nitrogens with two attached hydrogens (primary N) is 1. The van der Waals surface area contributed by atoms with Crippen molar-refractivity contribution in [2.24, 2.45) is 5.73 Å². The highest BCUT2D eigenvalue weighted by Crippen LogP contribution is 2.25. The summed E-state index contributed by atoms with van der Waals surface area (Å²) in [6.07, 6.45) is 1.69. The van der Waals surface area contributed by atoms with Crippen molar-refractivity contribution in [1.29, 1.82) is 0 Å². The van der Waals surface area contributed by atoms with Crippen LogP contribution < -0.4 is 11.1 Å². The standard InChI is InChI=1S/C14H14N4O3/c1-9-2-3-10(7-16-9)8-17-12-6-11(14(15)19)4-5-13(12)18(20)21/h2-7,17H,8H2,1H3,(H2,15,19). The van der Waals surface area contributed by atoms with Gasteiger partial charge in [0.25, 0.3) is 5.69 Å². The number of rotatable bonds is 5. The molecule has 0 aliphatic heterocycles. The number of nitro groups is 1. The topological polar surface area (TPSA) is 111 Å². The normalized spacial score (nSPS) is 10.1. The average molecular weight is 286 g/mol. The predicted octanol–water partition coefficient (Wildman–Crippen LogP) is 2.01. The molecule has 0 fully saturated rings. The van der Waals surface area contributed by atoms with E-state index < -0.39 is 10.8 Å². The molecule has 0 radical (unpaired) electrons. The molecule has 7 heteroatoms. The molecule has 0 saturated heterocycles. The van der Waals surface area contributed by atoms with Crippen LogP contribution in [0, 0.1) is 17.0 Å². The second-order valence-corrected chi connectivity index (χ2v) is 4.51. The molecule has 0 atom stereocenters. The Kier molecular flexibility index (Phi) is 4.13. The monoisotopic (exact) mass is 286 g/mol. The van der Waals surface area contributed by atoms with Crippen LogP contribution in [-0.2, 0) is 6.54 Å². The van der Waals surface area contributed by atoms with Gasteiger partial charge in [-0.1, -0.05) is 6.07 Å². The van der Waals surface area contributed by atoms with Crippen LogP contribution in [0.25, 0.3) is 0 Å². The largest absolute Gasteiger partial charge is 0.375 e. The molecule has 1 aromatic carbocycles. The van der Waals surface area contributed by atoms with Gasteiger partial charge < -0.3 is 11.1 Å². The van der Waals surface area contributed by atoms with E-state index in [1.54, 1.807) is 6.20 Å². The lowest BCUT2D eigenvalue weighted by Gasteiger charge is -2.08. The maximum absolute atomic E-state index is 11.2. The highest BCUT2D eigenvalue weighted by atomic mass is 16.6. The molecule has 1 heterocycles. The number of benzene rings is 1. The lowest BCUT2D eigenvalue weighted by molar-refractivity contribution is -0.384. The van der Waals surface area contributed by atoms with E-state index in [2.05, 4.69) is 10.3 Å². The molecule has 21 heavy (non-hydrogen) atoms. The van der Waals surface area contributed by atoms with E-state index >= 15 is 0 Å². The number of pyridine rings is 1. The Bertz CT molecular complexity index is 683. The molecular formula is C14H14N4O3. The summed E-state index contributed by atoms with van der Waals surface area (Å²) in [6, 6.07) is 7.70. The quantitative estimate of drug-likeness (QED) is 0.645. The van der Waals surface area contributed by atoms with Gasteiger partial charge in [-0.2, -0.15) is 0 Å². The summed E-state index contributed by atoms with van der Waals surface area (Å²) in [7, 11) is 0. The minimum absolute atomic E-state index is 0.111. The lowest BCUT2D eigenvalue weighted by Crippen LogP contribution is -2.12. The smallest absolute Gasteiger partial charge is 0.292 e. The van der Waals surface area contributed by atoms with E-state index in [-0.39, 0.29) is 16.9 Å². The number of aryl methyl sites for hydroxylation is 1. The minimum Gasteiger partial charge on any atom is -0.375 e. The molecule has 3 N–H and O–H groups in total. The molecule has 0 aliphatic rings. The van der Waals surface area contributed by atoms with Crippen LogP contribution in [0.2, 0.25) is 0 Å². The van der Waals surface area contributed by atoms with Gasteiger partial charge in [-0.05, 0) is 30.7 Å². The fourth-order valence-electron chi connectivity index (χ4n) is 1.79. The van der Waals surface area contributed by atoms with Gasteiger partial charge in [0.15, 0.2) is 0 Å². The van der Waals surface area contributed by atoms with E-state index in [1.807, 2.05) is 19.1 Å². The maximum atomic E-state index is 11.2. The summed E-state index contributed by atoms with van der Waals surface area (Å²) in [5, 5.41) is 13.9. The fourth-order valence-corrected chi connectivity index (χ4v) is 1.79. The van der Waals surface area contributed by atoms with Gasteiger partial charge >= 0.3 is 0 Å². The summed E-state index contributed by atoms with van der Waals surface area (Å²) in [4.78, 5) is 25.8. The Morgan fingerprint density at radius 3 is 2.71 bits per heavy atom. The van der Waals surface area contributed by atoms with Gasteiger partial charge in [-0.25, -0.2) is 0 Å². The van der Waals surface area contributed by atoms with Gasteiger partial charge in [-0.15, -0.1) is 0 Å². The molecule has 1 aromatic heterocycles. The first-order valence-corrected chi connectivity index (χ1v) is 6.21. The number of nitrogens with one attached hydrogen (secondary N) is 1. The number of amides is 1. The third kappa shape index (κ3) is 3.53. The van der Waals surface area contributed by atoms with Crippen molar-refractivity contribution in [1.82, 2.24) is 4.98 Å². The highest BCUT2D eigenvalue weighted by Gasteiger charge is 2.15. The SMILES string of the molecule is Cc1ccc(CNc2cc(C(N)=O)ccc2[N+](=O)[O-])cn1. The lowest BCUT2D eigenvalue weighted by atomic mass is 10.1. The number of nitro benzene ring substituents is 1. The van der Waals surface area contributed by atoms with Gasteiger partial charge in [0.05, 0.1) is 4.92 Å². The van der Waals surface area contributed by atoms with Gasteiger partial charge in [-0.3, -0.25) is 19.9 Å². The van der Waals surface area contributed by atoms with E-state index in [4.69, 9.17) is 5.73 Å². The number of carbonyl (C=O) groups excluding carboxylic acids is 1. The molecule has 0 unspecified atom stereocenters. The van der Waals surface area contributed by atoms with Crippen molar-refractivity contribution in [2.45, 2.75) is 13.5 Å². The van der Waals surface area contributed by atoms with Crippen molar-refractivity contribution in [3.05, 3.63) is 63.5 Å². The summed E-state index contributed by atoms with van der Waals surface area (Å²) in [5.74, 6) is -0.634. The number of nitrogens with zero attached hydrogens (tertiary/aromatic N) is 2. The van der Waals surface area contributed by atoms with Gasteiger partial charge in [0.1, 0.15) is 5.69 Å². The van der Waals surface area contributed by atoms with Crippen molar-refractivity contribution >= 4 is 17.3 Å². The Morgan fingerprint density at radius 2 is 2.14 bits per heavy atom. The Labute approximate surface area is 121 Å². The molecule has 0 saturated carbocycles. The first-order chi connectivity index (χ1) is 9.97. The Hall–Kier alpha value is -2.96. The van der Waals surface area contributed by atoms with Crippen molar-refractivity contribution in [2.75, 3.05) is 5.32 Å². The zero-order valence-electron chi connectivity index (χ0n) is 11.4. The number of hydrogen-bond acceptors (Lipinski definition) is 5. The first-order valence-electron chi connectivity index (χ1n) is 6.21. The molecule has 2 aromatic rings. The molecule has 0 aliphatic carbocycles. The third-order valence-electron chi connectivity index (χ3n) is 2.93. The van der Waals surface area contributed by atoms with Crippen LogP contribution in [0.3, 0.4) is 0 Å². The summed E-state index contributed by atoms with van der Waals surface area (Å²) < 4.78 is 0. The Morgan fingerprint density at radius 1 is 1.38 bits per heavy atom. The van der Waals surface area contributed by atoms with Gasteiger partial charge in [0.2, 0.25) is 5.91 Å². The average Bonchev–Trinajstić information content (AvgIpc) is 2.46. The second kappa shape index (κ2) is 6.00. The first kappa shape index (κ1) is 14.4. The minimum atomic E-state index is -0.634. The van der Waals surface area contributed by atoms with Crippen LogP contribution in [0.15, 0.2) is 36.5 Å². The second-order valence-electron chi connectivity index (χ2n) is 4.51. The molecule has 0 spiro atoms. The zero-order valence-corrected chi connectivity index (χ0v) is 11.4. The predicted molar refractivity (Wildman–Crippen MR) is 77.9 cm³/mol. The van der Waals surface area contributed by atoms with Crippen molar-refractivity contribution in [3.8, 4) is 0 Å². The number of carbonyl (C=O) groups is 1. The summed E-state index contributed by atoms with van der Waals surface area (Å²) >= 11 is 0. The third-order valence-corrected chi connectivity index (χ3v) is 2.93. The van der Waals surface area contributed by atoms with E-state index in [0.717, 1.165) is 11.3 Å². The van der Waals surface area contributed by atoms with Crippen LogP contribution in [0.1, 0.15) is 21.6 Å². The van der Waals surface area contributed by atoms with Gasteiger partial charge in [0, 0.05) is 30.1 Å². The number of aromatic nitrogens is 1. The van der Waals surface area contributed by atoms with Crippen LogP contribution >= 0.6 is 0 Å². The molecule has 0 bridgehead atoms. The summed E-state index contributed by atoms with van der Waals surface area (Å²) in [5.41, 5.74) is 7.30. The number of hydrogen-bond donors (Lipinski definition) is 2.